The van der Waals surface area contributed by atoms with Crippen LogP contribution in [-0.2, 0) is 0 Å². The molecule has 0 aromatic carbocycles. The smallest absolute Gasteiger partial charge is 0.258 e. The van der Waals surface area contributed by atoms with Gasteiger partial charge in [-0.3, -0.25) is 4.79 Å². The molecule has 0 aliphatic heterocycles. The summed E-state index contributed by atoms with van der Waals surface area (Å²) in [6, 6.07) is 1.71. The molecule has 1 aromatic heterocycles. The Morgan fingerprint density at radius 2 is 2.36 bits per heavy atom. The van der Waals surface area contributed by atoms with E-state index in [9.17, 15) is 4.79 Å². The normalized spacial score (nSPS) is 12.9. The predicted octanol–water partition coefficient (Wildman–Crippen LogP) is 0.867. The first-order valence-electron chi connectivity index (χ1n) is 3.25. The van der Waals surface area contributed by atoms with Gasteiger partial charge in [0.05, 0.1) is 4.88 Å². The molecule has 0 saturated heterocycles. The summed E-state index contributed by atoms with van der Waals surface area (Å²) in [6.07, 6.45) is 0. The summed E-state index contributed by atoms with van der Waals surface area (Å²) in [5, 5.41) is 1.85. The van der Waals surface area contributed by atoms with Crippen molar-refractivity contribution in [1.29, 1.82) is 0 Å². The van der Waals surface area contributed by atoms with Gasteiger partial charge in [0.1, 0.15) is 0 Å². The largest absolute Gasteiger partial charge is 0.365 e. The van der Waals surface area contributed by atoms with Crippen LogP contribution in [0, 0.1) is 0 Å². The van der Waals surface area contributed by atoms with E-state index in [1.807, 2.05) is 12.3 Å². The Kier molecular flexibility index (Phi) is 2.26. The highest BCUT2D eigenvalue weighted by atomic mass is 32.1. The van der Waals surface area contributed by atoms with Crippen LogP contribution >= 0.6 is 11.3 Å². The summed E-state index contributed by atoms with van der Waals surface area (Å²) in [6.45, 7) is 1.87. The number of hydrogen-bond acceptors (Lipinski definition) is 3. The fourth-order valence-corrected chi connectivity index (χ4v) is 1.58. The first kappa shape index (κ1) is 8.23. The van der Waals surface area contributed by atoms with Crippen molar-refractivity contribution in [2.24, 2.45) is 11.5 Å². The Bertz CT molecular complexity index is 267. The second-order valence-electron chi connectivity index (χ2n) is 2.40. The number of amides is 1. The molecule has 1 amide bonds. The van der Waals surface area contributed by atoms with Crippen LogP contribution in [0.4, 0.5) is 0 Å². The average molecular weight is 170 g/mol. The lowest BCUT2D eigenvalue weighted by Gasteiger charge is -1.97. The highest BCUT2D eigenvalue weighted by molar-refractivity contribution is 7.12. The van der Waals surface area contributed by atoms with Gasteiger partial charge in [0.25, 0.3) is 5.91 Å². The van der Waals surface area contributed by atoms with Crippen LogP contribution < -0.4 is 11.5 Å². The van der Waals surface area contributed by atoms with Crippen LogP contribution in [0.25, 0.3) is 0 Å². The van der Waals surface area contributed by atoms with E-state index >= 15 is 0 Å². The molecule has 0 spiro atoms. The molecule has 3 nitrogen and oxygen atoms in total. The first-order chi connectivity index (χ1) is 5.11. The zero-order valence-corrected chi connectivity index (χ0v) is 7.02. The lowest BCUT2D eigenvalue weighted by Crippen LogP contribution is -2.09. The van der Waals surface area contributed by atoms with Crippen molar-refractivity contribution in [3.05, 3.63) is 21.9 Å². The highest BCUT2D eigenvalue weighted by Crippen LogP contribution is 2.18. The summed E-state index contributed by atoms with van der Waals surface area (Å²) in [7, 11) is 0. The van der Waals surface area contributed by atoms with E-state index in [-0.39, 0.29) is 11.9 Å². The van der Waals surface area contributed by atoms with Crippen molar-refractivity contribution in [1.82, 2.24) is 0 Å². The standard InChI is InChI=1S/C7H10N2OS/c1-4(8)5-2-6(7(9)10)11-3-5/h2-4H,8H2,1H3,(H2,9,10). The van der Waals surface area contributed by atoms with E-state index in [0.29, 0.717) is 4.88 Å². The van der Waals surface area contributed by atoms with Crippen LogP contribution in [0.1, 0.15) is 28.2 Å². The molecule has 0 saturated carbocycles. The van der Waals surface area contributed by atoms with Gasteiger partial charge >= 0.3 is 0 Å². The molecule has 1 aromatic rings. The Morgan fingerprint density at radius 1 is 1.73 bits per heavy atom. The topological polar surface area (TPSA) is 69.1 Å². The molecular weight excluding hydrogens is 160 g/mol. The number of primary amides is 1. The summed E-state index contributed by atoms with van der Waals surface area (Å²) in [4.78, 5) is 11.2. The van der Waals surface area contributed by atoms with Crippen molar-refractivity contribution >= 4 is 17.2 Å². The molecule has 4 N–H and O–H groups in total. The second-order valence-corrected chi connectivity index (χ2v) is 3.31. The van der Waals surface area contributed by atoms with Crippen LogP contribution in [0.2, 0.25) is 0 Å². The molecule has 1 rings (SSSR count). The molecule has 4 heteroatoms. The van der Waals surface area contributed by atoms with E-state index in [2.05, 4.69) is 0 Å². The Morgan fingerprint density at radius 3 is 2.64 bits per heavy atom. The minimum absolute atomic E-state index is 0.0284. The molecule has 0 bridgehead atoms. The Balaban J connectivity index is 2.90. The minimum atomic E-state index is -0.387. The van der Waals surface area contributed by atoms with Gasteiger partial charge < -0.3 is 11.5 Å². The van der Waals surface area contributed by atoms with E-state index in [1.54, 1.807) is 6.07 Å². The van der Waals surface area contributed by atoms with E-state index < -0.39 is 0 Å². The molecule has 0 radical (unpaired) electrons. The van der Waals surface area contributed by atoms with Gasteiger partial charge in [-0.15, -0.1) is 11.3 Å². The monoisotopic (exact) mass is 170 g/mol. The third-order valence-electron chi connectivity index (χ3n) is 1.39. The summed E-state index contributed by atoms with van der Waals surface area (Å²) in [5.74, 6) is -0.387. The van der Waals surface area contributed by atoms with Gasteiger partial charge in [0, 0.05) is 6.04 Å². The SMILES string of the molecule is CC(N)c1csc(C(N)=O)c1. The van der Waals surface area contributed by atoms with Crippen molar-refractivity contribution < 1.29 is 4.79 Å². The number of carbonyl (C=O) groups excluding carboxylic acids is 1. The van der Waals surface area contributed by atoms with Crippen LogP contribution in [0.15, 0.2) is 11.4 Å². The summed E-state index contributed by atoms with van der Waals surface area (Å²) in [5.41, 5.74) is 11.6. The van der Waals surface area contributed by atoms with Gasteiger partial charge in [-0.25, -0.2) is 0 Å². The Hall–Kier alpha value is -0.870. The lowest BCUT2D eigenvalue weighted by atomic mass is 10.2. The van der Waals surface area contributed by atoms with Crippen molar-refractivity contribution in [3.63, 3.8) is 0 Å². The zero-order valence-electron chi connectivity index (χ0n) is 6.20. The molecule has 60 valence electrons. The van der Waals surface area contributed by atoms with E-state index in [4.69, 9.17) is 11.5 Å². The maximum Gasteiger partial charge on any atom is 0.258 e. The van der Waals surface area contributed by atoms with Gasteiger partial charge in [0.2, 0.25) is 0 Å². The van der Waals surface area contributed by atoms with Crippen LogP contribution in [-0.4, -0.2) is 5.91 Å². The lowest BCUT2D eigenvalue weighted by molar-refractivity contribution is 0.100. The number of rotatable bonds is 2. The molecule has 0 fully saturated rings. The molecule has 1 unspecified atom stereocenters. The van der Waals surface area contributed by atoms with E-state index in [1.165, 1.54) is 11.3 Å². The fraction of sp³-hybridized carbons (Fsp3) is 0.286. The van der Waals surface area contributed by atoms with Gasteiger partial charge in [-0.2, -0.15) is 0 Å². The number of thiophene rings is 1. The third-order valence-corrected chi connectivity index (χ3v) is 2.35. The van der Waals surface area contributed by atoms with Crippen molar-refractivity contribution in [2.75, 3.05) is 0 Å². The van der Waals surface area contributed by atoms with Gasteiger partial charge in [-0.05, 0) is 23.9 Å². The average Bonchev–Trinajstić information content (AvgIpc) is 2.33. The maximum absolute atomic E-state index is 10.6. The first-order valence-corrected chi connectivity index (χ1v) is 4.13. The van der Waals surface area contributed by atoms with Gasteiger partial charge in [-0.1, -0.05) is 0 Å². The number of hydrogen-bond donors (Lipinski definition) is 2. The number of carbonyl (C=O) groups is 1. The maximum atomic E-state index is 10.6. The summed E-state index contributed by atoms with van der Waals surface area (Å²) >= 11 is 1.33. The summed E-state index contributed by atoms with van der Waals surface area (Å²) < 4.78 is 0. The predicted molar refractivity (Wildman–Crippen MR) is 45.4 cm³/mol. The van der Waals surface area contributed by atoms with Gasteiger partial charge in [0.15, 0.2) is 0 Å². The minimum Gasteiger partial charge on any atom is -0.365 e. The van der Waals surface area contributed by atoms with Crippen LogP contribution in [0.5, 0.6) is 0 Å². The van der Waals surface area contributed by atoms with Crippen molar-refractivity contribution in [2.45, 2.75) is 13.0 Å². The third kappa shape index (κ3) is 1.78. The zero-order chi connectivity index (χ0) is 8.43. The molecule has 0 aliphatic carbocycles. The van der Waals surface area contributed by atoms with Crippen molar-refractivity contribution in [3.8, 4) is 0 Å². The van der Waals surface area contributed by atoms with Crippen LogP contribution in [0.3, 0.4) is 0 Å². The fourth-order valence-electron chi connectivity index (χ4n) is 0.719. The molecule has 1 atom stereocenters. The quantitative estimate of drug-likeness (QED) is 0.691. The molecular formula is C7H10N2OS. The number of nitrogens with two attached hydrogens (primary N) is 2. The highest BCUT2D eigenvalue weighted by Gasteiger charge is 2.06. The Labute approximate surface area is 69.0 Å². The van der Waals surface area contributed by atoms with E-state index in [0.717, 1.165) is 5.56 Å². The molecule has 11 heavy (non-hydrogen) atoms. The molecule has 1 heterocycles. The molecule has 0 aliphatic rings. The second kappa shape index (κ2) is 3.02.